The zero-order valence-corrected chi connectivity index (χ0v) is 26.1. The zero-order chi connectivity index (χ0) is 32.2. The van der Waals surface area contributed by atoms with Crippen LogP contribution in [-0.4, -0.2) is 77.6 Å². The lowest BCUT2D eigenvalue weighted by molar-refractivity contribution is -0.130. The molecule has 0 radical (unpaired) electrons. The lowest BCUT2D eigenvalue weighted by Gasteiger charge is -2.41. The minimum Gasteiger partial charge on any atom is -0.475 e. The van der Waals surface area contributed by atoms with Crippen LogP contribution >= 0.6 is 22.9 Å². The first kappa shape index (κ1) is 30.9. The van der Waals surface area contributed by atoms with Gasteiger partial charge in [-0.2, -0.15) is 5.26 Å². The highest BCUT2D eigenvalue weighted by atomic mass is 35.5. The minimum absolute atomic E-state index is 0.0109. The average Bonchev–Trinajstić information content (AvgIpc) is 3.61. The van der Waals surface area contributed by atoms with E-state index in [0.29, 0.717) is 5.69 Å². The fourth-order valence-electron chi connectivity index (χ4n) is 6.25. The van der Waals surface area contributed by atoms with Crippen molar-refractivity contribution in [1.82, 2.24) is 19.8 Å². The van der Waals surface area contributed by atoms with Crippen molar-refractivity contribution >= 4 is 60.8 Å². The van der Waals surface area contributed by atoms with Gasteiger partial charge in [-0.05, 0) is 51.6 Å². The van der Waals surface area contributed by atoms with E-state index >= 15 is 4.39 Å². The van der Waals surface area contributed by atoms with Crippen LogP contribution in [0.25, 0.3) is 32.2 Å². The number of piperazine rings is 1. The van der Waals surface area contributed by atoms with Crippen LogP contribution in [0.15, 0.2) is 30.6 Å². The topological polar surface area (TPSA) is 112 Å². The first-order valence-corrected chi connectivity index (χ1v) is 15.5. The normalized spacial score (nSPS) is 19.0. The van der Waals surface area contributed by atoms with Gasteiger partial charge in [-0.15, -0.1) is 0 Å². The maximum absolute atomic E-state index is 16.8. The molecule has 0 aliphatic carbocycles. The summed E-state index contributed by atoms with van der Waals surface area (Å²) in [5.41, 5.74) is 6.54. The van der Waals surface area contributed by atoms with E-state index in [1.54, 1.807) is 6.92 Å². The van der Waals surface area contributed by atoms with Crippen molar-refractivity contribution in [2.24, 2.45) is 0 Å². The van der Waals surface area contributed by atoms with Crippen LogP contribution < -0.4 is 15.4 Å². The Morgan fingerprint density at radius 1 is 1.27 bits per heavy atom. The number of likely N-dealkylation sites (tertiary alicyclic amines) is 1. The lowest BCUT2D eigenvalue weighted by atomic mass is 9.98. The number of nitrogen functional groups attached to an aromatic ring is 1. The zero-order valence-electron chi connectivity index (χ0n) is 24.5. The molecule has 2 aliphatic rings. The second kappa shape index (κ2) is 12.0. The summed E-state index contributed by atoms with van der Waals surface area (Å²) >= 11 is 7.71. The molecule has 2 atom stereocenters. The average molecular weight is 656 g/mol. The van der Waals surface area contributed by atoms with Gasteiger partial charge in [0.25, 0.3) is 5.91 Å². The van der Waals surface area contributed by atoms with Crippen LogP contribution in [0.5, 0.6) is 5.88 Å². The maximum atomic E-state index is 16.8. The number of nitriles is 1. The van der Waals surface area contributed by atoms with Crippen molar-refractivity contribution in [1.29, 1.82) is 5.26 Å². The Morgan fingerprint density at radius 2 is 2.04 bits per heavy atom. The lowest BCUT2D eigenvalue weighted by Crippen LogP contribution is -2.54. The Hall–Kier alpha value is -4.12. The molecule has 0 bridgehead atoms. The molecule has 2 fully saturated rings. The molecule has 2 aliphatic heterocycles. The monoisotopic (exact) mass is 655 g/mol. The van der Waals surface area contributed by atoms with Crippen LogP contribution in [0.3, 0.4) is 0 Å². The van der Waals surface area contributed by atoms with E-state index in [0.717, 1.165) is 30.7 Å². The number of hydrogen-bond donors (Lipinski definition) is 1. The number of ether oxygens (including phenoxy) is 1. The third-order valence-electron chi connectivity index (χ3n) is 8.53. The Bertz CT molecular complexity index is 1910. The number of halogens is 4. The summed E-state index contributed by atoms with van der Waals surface area (Å²) in [5.74, 6) is -3.26. The van der Waals surface area contributed by atoms with E-state index in [1.165, 1.54) is 23.1 Å². The third kappa shape index (κ3) is 5.41. The molecule has 45 heavy (non-hydrogen) atoms. The number of nitrogens with two attached hydrogens (primary N) is 1. The molecule has 0 saturated carbocycles. The highest BCUT2D eigenvalue weighted by Gasteiger charge is 2.34. The van der Waals surface area contributed by atoms with Gasteiger partial charge >= 0.3 is 0 Å². The second-order valence-corrected chi connectivity index (χ2v) is 12.7. The van der Waals surface area contributed by atoms with Gasteiger partial charge in [0, 0.05) is 48.2 Å². The van der Waals surface area contributed by atoms with Gasteiger partial charge in [0.05, 0.1) is 20.9 Å². The summed E-state index contributed by atoms with van der Waals surface area (Å²) in [5, 5.41) is 10.8. The molecule has 4 aromatic rings. The van der Waals surface area contributed by atoms with E-state index in [1.807, 2.05) is 11.9 Å². The van der Waals surface area contributed by atoms with Crippen LogP contribution in [-0.2, 0) is 4.79 Å². The summed E-state index contributed by atoms with van der Waals surface area (Å²) in [6.45, 7) is 6.57. The number of likely N-dealkylation sites (N-methyl/N-ethyl adjacent to an activating group) is 1. The summed E-state index contributed by atoms with van der Waals surface area (Å²) in [7, 11) is 1.99. The SMILES string of the molecule is C=C(F)C(=O)N1CCN(c2c(C#N)c(OC[C@@H]3CCCN3C)nc3c(F)c(-c4ccc(F)c5sc(N)nc45)c(Cl)cc23)C[C@H]1C. The van der Waals surface area contributed by atoms with Crippen LogP contribution in [0.4, 0.5) is 24.0 Å². The highest BCUT2D eigenvalue weighted by molar-refractivity contribution is 7.22. The molecule has 2 aromatic heterocycles. The molecule has 2 saturated heterocycles. The van der Waals surface area contributed by atoms with Gasteiger partial charge in [0.2, 0.25) is 5.88 Å². The maximum Gasteiger partial charge on any atom is 0.282 e. The number of carbonyl (C=O) groups is 1. The second-order valence-electron chi connectivity index (χ2n) is 11.3. The number of fused-ring (bicyclic) bond motifs is 2. The summed E-state index contributed by atoms with van der Waals surface area (Å²) in [4.78, 5) is 26.5. The molecule has 0 spiro atoms. The Morgan fingerprint density at radius 3 is 2.71 bits per heavy atom. The molecule has 6 rings (SSSR count). The minimum atomic E-state index is -1.06. The van der Waals surface area contributed by atoms with Crippen molar-refractivity contribution in [3.05, 3.63) is 52.8 Å². The molecule has 9 nitrogen and oxygen atoms in total. The Balaban J connectivity index is 1.53. The number of hydrogen-bond acceptors (Lipinski definition) is 9. The van der Waals surface area contributed by atoms with E-state index in [2.05, 4.69) is 27.5 Å². The van der Waals surface area contributed by atoms with Gasteiger partial charge in [0.1, 0.15) is 29.6 Å². The molecule has 0 unspecified atom stereocenters. The van der Waals surface area contributed by atoms with Crippen molar-refractivity contribution in [2.75, 3.05) is 50.5 Å². The highest BCUT2D eigenvalue weighted by Crippen LogP contribution is 2.45. The fourth-order valence-corrected chi connectivity index (χ4v) is 7.31. The molecule has 2 N–H and O–H groups in total. The number of thiazole rings is 1. The van der Waals surface area contributed by atoms with E-state index in [-0.39, 0.29) is 86.1 Å². The van der Waals surface area contributed by atoms with Crippen LogP contribution in [0.1, 0.15) is 25.3 Å². The molecule has 14 heteroatoms. The molecular formula is C31H29ClF3N7O2S. The van der Waals surface area contributed by atoms with Crippen LogP contribution in [0, 0.1) is 23.0 Å². The molecule has 234 valence electrons. The van der Waals surface area contributed by atoms with Crippen molar-refractivity contribution in [3.8, 4) is 23.1 Å². The number of pyridine rings is 1. The predicted octanol–water partition coefficient (Wildman–Crippen LogP) is 5.89. The van der Waals surface area contributed by atoms with Gasteiger partial charge in [0.15, 0.2) is 16.8 Å². The smallest absolute Gasteiger partial charge is 0.282 e. The predicted molar refractivity (Wildman–Crippen MR) is 169 cm³/mol. The first-order valence-electron chi connectivity index (χ1n) is 14.3. The van der Waals surface area contributed by atoms with Gasteiger partial charge < -0.3 is 25.2 Å². The summed E-state index contributed by atoms with van der Waals surface area (Å²) < 4.78 is 51.4. The summed E-state index contributed by atoms with van der Waals surface area (Å²) in [6.07, 6.45) is 1.90. The molecule has 1 amide bonds. The number of benzene rings is 2. The van der Waals surface area contributed by atoms with E-state index in [4.69, 9.17) is 22.1 Å². The molecular weight excluding hydrogens is 627 g/mol. The summed E-state index contributed by atoms with van der Waals surface area (Å²) in [6, 6.07) is 5.93. The quantitative estimate of drug-likeness (QED) is 0.256. The van der Waals surface area contributed by atoms with E-state index < -0.39 is 29.4 Å². The fraction of sp³-hybridized carbons (Fsp3) is 0.355. The van der Waals surface area contributed by atoms with Gasteiger partial charge in [-0.1, -0.05) is 29.5 Å². The van der Waals surface area contributed by atoms with Gasteiger partial charge in [-0.25, -0.2) is 23.1 Å². The van der Waals surface area contributed by atoms with Gasteiger partial charge in [-0.3, -0.25) is 4.79 Å². The number of anilines is 2. The number of rotatable bonds is 6. The number of carbonyl (C=O) groups excluding carboxylic acids is 1. The van der Waals surface area contributed by atoms with E-state index in [9.17, 15) is 18.8 Å². The molecule has 4 heterocycles. The largest absolute Gasteiger partial charge is 0.475 e. The van der Waals surface area contributed by atoms with Crippen molar-refractivity contribution < 1.29 is 22.7 Å². The third-order valence-corrected chi connectivity index (χ3v) is 9.72. The number of amides is 1. The Kier molecular flexibility index (Phi) is 8.24. The van der Waals surface area contributed by atoms with Crippen molar-refractivity contribution in [3.63, 3.8) is 0 Å². The first-order chi connectivity index (χ1) is 21.5. The molecule has 2 aromatic carbocycles. The Labute approximate surface area is 266 Å². The standard InChI is InChI=1S/C31H29ClF3N7O2S/c1-15-13-41(9-10-42(15)30(43)16(2)33)27-19-11-21(32)23(18-6-7-22(34)28-26(18)39-31(37)45-28)24(35)25(19)38-29(20(27)12-36)44-14-17-5-4-8-40(17)3/h6-7,11,15,17H,2,4-5,8-10,13-14H2,1,3H3,(H2,37,39)/t15-,17+/m1/s1. The van der Waals surface area contributed by atoms with Crippen LogP contribution in [0.2, 0.25) is 5.02 Å². The number of nitrogens with zero attached hydrogens (tertiary/aromatic N) is 6. The number of aromatic nitrogens is 2. The van der Waals surface area contributed by atoms with Crippen molar-refractivity contribution in [2.45, 2.75) is 31.8 Å².